The van der Waals surface area contributed by atoms with Gasteiger partial charge >= 0.3 is 0 Å². The summed E-state index contributed by atoms with van der Waals surface area (Å²) in [4.78, 5) is 0. The zero-order valence-electron chi connectivity index (χ0n) is 16.5. The molecule has 140 valence electrons. The van der Waals surface area contributed by atoms with Gasteiger partial charge in [0.05, 0.1) is 6.10 Å². The molecule has 3 nitrogen and oxygen atoms in total. The Labute approximate surface area is 153 Å². The minimum absolute atomic E-state index is 0.222. The van der Waals surface area contributed by atoms with Gasteiger partial charge in [0.15, 0.2) is 0 Å². The quantitative estimate of drug-likeness (QED) is 0.452. The van der Waals surface area contributed by atoms with Gasteiger partial charge in [0.1, 0.15) is 12.4 Å². The highest BCUT2D eigenvalue weighted by atomic mass is 16.7. The molecule has 0 bridgehead atoms. The molecule has 3 unspecified atom stereocenters. The molecule has 3 heteroatoms. The van der Waals surface area contributed by atoms with E-state index < -0.39 is 11.7 Å². The van der Waals surface area contributed by atoms with Crippen molar-refractivity contribution in [3.8, 4) is 11.8 Å². The predicted octanol–water partition coefficient (Wildman–Crippen LogP) is 4.78. The average molecular weight is 347 g/mol. The van der Waals surface area contributed by atoms with Crippen LogP contribution in [-0.4, -0.2) is 30.7 Å². The maximum absolute atomic E-state index is 10.5. The molecule has 0 aromatic rings. The maximum atomic E-state index is 10.5. The Bertz CT molecular complexity index is 562. The second kappa shape index (κ2) is 10.6. The zero-order chi connectivity index (χ0) is 18.9. The molecule has 0 amide bonds. The van der Waals surface area contributed by atoms with Crippen molar-refractivity contribution in [2.45, 2.75) is 71.5 Å². The standard InChI is InChI=1S/C22H34O3/c1-17(2)20-12-11-18(3)9-7-13-22(5,25-16-24-6)14-8-10-19(4)21(23)15-20/h9-10,20-21,23H,1,7,11-13,15-16H2,2-6H3/b18-9+,19-10+. The lowest BCUT2D eigenvalue weighted by molar-refractivity contribution is -0.0979. The van der Waals surface area contributed by atoms with E-state index in [2.05, 4.69) is 38.3 Å². The van der Waals surface area contributed by atoms with Gasteiger partial charge in [-0.3, -0.25) is 0 Å². The molecule has 0 heterocycles. The average Bonchev–Trinajstić information content (AvgIpc) is 2.55. The number of rotatable bonds is 4. The number of hydrogen-bond acceptors (Lipinski definition) is 3. The van der Waals surface area contributed by atoms with Crippen molar-refractivity contribution in [3.05, 3.63) is 35.5 Å². The van der Waals surface area contributed by atoms with Crippen LogP contribution in [0.1, 0.15) is 59.8 Å². The summed E-state index contributed by atoms with van der Waals surface area (Å²) in [6, 6.07) is 0. The van der Waals surface area contributed by atoms with Crippen LogP contribution in [0.5, 0.6) is 0 Å². The first-order chi connectivity index (χ1) is 11.8. The summed E-state index contributed by atoms with van der Waals surface area (Å²) in [5.74, 6) is 6.60. The van der Waals surface area contributed by atoms with E-state index in [4.69, 9.17) is 9.47 Å². The van der Waals surface area contributed by atoms with Gasteiger partial charge in [0.2, 0.25) is 0 Å². The van der Waals surface area contributed by atoms with E-state index in [0.29, 0.717) is 12.3 Å². The van der Waals surface area contributed by atoms with Crippen LogP contribution in [0.2, 0.25) is 0 Å². The van der Waals surface area contributed by atoms with Crippen molar-refractivity contribution < 1.29 is 14.6 Å². The van der Waals surface area contributed by atoms with E-state index in [1.807, 2.05) is 13.8 Å². The van der Waals surface area contributed by atoms with Crippen LogP contribution in [0.25, 0.3) is 0 Å². The molecule has 0 radical (unpaired) electrons. The third-order valence-electron chi connectivity index (χ3n) is 4.86. The SMILES string of the molecule is C=C(C)C1CC/C(C)=C/CCC(C)(OCOC)C#C/C=C(\C)C(O)C1. The van der Waals surface area contributed by atoms with E-state index in [-0.39, 0.29) is 6.79 Å². The lowest BCUT2D eigenvalue weighted by atomic mass is 9.87. The number of ether oxygens (including phenoxy) is 2. The number of methoxy groups -OCH3 is 1. The smallest absolute Gasteiger partial charge is 0.148 e. The first-order valence-corrected chi connectivity index (χ1v) is 9.08. The fourth-order valence-corrected chi connectivity index (χ4v) is 2.88. The van der Waals surface area contributed by atoms with E-state index in [9.17, 15) is 5.11 Å². The van der Waals surface area contributed by atoms with Crippen molar-refractivity contribution in [3.63, 3.8) is 0 Å². The van der Waals surface area contributed by atoms with E-state index in [1.165, 1.54) is 5.57 Å². The number of allylic oxidation sites excluding steroid dienone is 4. The summed E-state index contributed by atoms with van der Waals surface area (Å²) in [5.41, 5.74) is 2.83. The number of aliphatic hydroxyl groups excluding tert-OH is 1. The molecule has 0 saturated carbocycles. The van der Waals surface area contributed by atoms with Crippen LogP contribution in [0.4, 0.5) is 0 Å². The minimum atomic E-state index is -0.557. The highest BCUT2D eigenvalue weighted by Crippen LogP contribution is 2.26. The van der Waals surface area contributed by atoms with Crippen molar-refractivity contribution >= 4 is 0 Å². The van der Waals surface area contributed by atoms with Gasteiger partial charge in [-0.25, -0.2) is 0 Å². The highest BCUT2D eigenvalue weighted by Gasteiger charge is 2.22. The van der Waals surface area contributed by atoms with Gasteiger partial charge in [0.25, 0.3) is 0 Å². The maximum Gasteiger partial charge on any atom is 0.148 e. The molecule has 0 spiro atoms. The third-order valence-corrected chi connectivity index (χ3v) is 4.86. The van der Waals surface area contributed by atoms with Crippen molar-refractivity contribution in [2.24, 2.45) is 5.92 Å². The number of hydrogen-bond donors (Lipinski definition) is 1. The van der Waals surface area contributed by atoms with Crippen LogP contribution < -0.4 is 0 Å². The van der Waals surface area contributed by atoms with E-state index >= 15 is 0 Å². The summed E-state index contributed by atoms with van der Waals surface area (Å²) in [5, 5.41) is 10.5. The topological polar surface area (TPSA) is 38.7 Å². The molecule has 0 aromatic carbocycles. The van der Waals surface area contributed by atoms with Gasteiger partial charge in [-0.1, -0.05) is 35.6 Å². The Kier molecular flexibility index (Phi) is 9.21. The Balaban J connectivity index is 3.06. The Morgan fingerprint density at radius 2 is 2.16 bits per heavy atom. The second-order valence-corrected chi connectivity index (χ2v) is 7.36. The predicted molar refractivity (Wildman–Crippen MR) is 104 cm³/mol. The Morgan fingerprint density at radius 3 is 2.80 bits per heavy atom. The van der Waals surface area contributed by atoms with E-state index in [1.54, 1.807) is 13.2 Å². The van der Waals surface area contributed by atoms with Crippen molar-refractivity contribution in [1.82, 2.24) is 0 Å². The molecule has 1 aliphatic carbocycles. The molecule has 1 N–H and O–H groups in total. The van der Waals surface area contributed by atoms with Crippen LogP contribution in [0.3, 0.4) is 0 Å². The molecular weight excluding hydrogens is 312 g/mol. The summed E-state index contributed by atoms with van der Waals surface area (Å²) in [6.45, 7) is 12.5. The van der Waals surface area contributed by atoms with Gasteiger partial charge in [-0.15, -0.1) is 0 Å². The monoisotopic (exact) mass is 346 g/mol. The zero-order valence-corrected chi connectivity index (χ0v) is 16.5. The van der Waals surface area contributed by atoms with Crippen LogP contribution in [0, 0.1) is 17.8 Å². The summed E-state index contributed by atoms with van der Waals surface area (Å²) in [7, 11) is 1.61. The minimum Gasteiger partial charge on any atom is -0.389 e. The number of aliphatic hydroxyl groups is 1. The van der Waals surface area contributed by atoms with Crippen molar-refractivity contribution in [1.29, 1.82) is 0 Å². The fourth-order valence-electron chi connectivity index (χ4n) is 2.88. The van der Waals surface area contributed by atoms with E-state index in [0.717, 1.165) is 36.8 Å². The molecule has 1 rings (SSSR count). The van der Waals surface area contributed by atoms with Crippen LogP contribution in [-0.2, 0) is 9.47 Å². The second-order valence-electron chi connectivity index (χ2n) is 7.36. The van der Waals surface area contributed by atoms with Crippen LogP contribution >= 0.6 is 0 Å². The molecule has 1 aliphatic rings. The third kappa shape index (κ3) is 8.05. The van der Waals surface area contributed by atoms with Gasteiger partial charge in [0, 0.05) is 7.11 Å². The molecular formula is C22H34O3. The molecule has 0 aliphatic heterocycles. The Morgan fingerprint density at radius 1 is 1.44 bits per heavy atom. The lowest BCUT2D eigenvalue weighted by Crippen LogP contribution is -2.27. The lowest BCUT2D eigenvalue weighted by Gasteiger charge is -2.24. The molecule has 3 atom stereocenters. The van der Waals surface area contributed by atoms with Crippen molar-refractivity contribution in [2.75, 3.05) is 13.9 Å². The normalized spacial score (nSPS) is 33.0. The summed E-state index contributed by atoms with van der Waals surface area (Å²) in [6.07, 6.45) is 8.05. The Hall–Kier alpha value is -1.34. The molecule has 0 saturated heterocycles. The molecule has 25 heavy (non-hydrogen) atoms. The molecule has 0 aromatic heterocycles. The van der Waals surface area contributed by atoms with Crippen LogP contribution in [0.15, 0.2) is 35.5 Å². The summed E-state index contributed by atoms with van der Waals surface area (Å²) >= 11 is 0. The van der Waals surface area contributed by atoms with Gasteiger partial charge in [-0.2, -0.15) is 0 Å². The largest absolute Gasteiger partial charge is 0.389 e. The summed E-state index contributed by atoms with van der Waals surface area (Å²) < 4.78 is 10.8. The molecule has 0 fully saturated rings. The first kappa shape index (κ1) is 21.7. The van der Waals surface area contributed by atoms with Gasteiger partial charge in [-0.05, 0) is 77.4 Å². The highest BCUT2D eigenvalue weighted by molar-refractivity contribution is 5.27. The van der Waals surface area contributed by atoms with Gasteiger partial charge < -0.3 is 14.6 Å². The fraction of sp³-hybridized carbons (Fsp3) is 0.636. The first-order valence-electron chi connectivity index (χ1n) is 9.08.